The zero-order valence-corrected chi connectivity index (χ0v) is 16.8. The molecule has 0 bridgehead atoms. The van der Waals surface area contributed by atoms with Crippen molar-refractivity contribution in [3.05, 3.63) is 18.2 Å². The van der Waals surface area contributed by atoms with Gasteiger partial charge in [-0.3, -0.25) is 8.98 Å². The molecule has 0 saturated carbocycles. The highest BCUT2D eigenvalue weighted by atomic mass is 32.3. The van der Waals surface area contributed by atoms with Crippen molar-refractivity contribution in [1.82, 2.24) is 0 Å². The molecule has 0 aliphatic heterocycles. The fraction of sp³-hybridized carbons (Fsp3) is 0.562. The highest BCUT2D eigenvalue weighted by Crippen LogP contribution is 2.27. The molecular weight excluding hydrogens is 362 g/mol. The number of nitrogen functional groups attached to an aromatic ring is 1. The molecule has 10 heteroatoms. The lowest BCUT2D eigenvalue weighted by Crippen LogP contribution is -2.46. The summed E-state index contributed by atoms with van der Waals surface area (Å²) in [6, 6.07) is 5.25. The minimum atomic E-state index is -4.41. The molecule has 3 N–H and O–H groups in total. The minimum Gasteiger partial charge on any atom is -0.726 e. The average Bonchev–Trinajstić information content (AvgIpc) is 2.56. The van der Waals surface area contributed by atoms with Crippen LogP contribution < -0.4 is 15.8 Å². The highest BCUT2D eigenvalue weighted by molar-refractivity contribution is 7.80. The number of anilines is 2. The standard InChI is InChI=1S/C15H25N3O2.CH4O4S/c1-5-18(4,6-2)9-10-20-15-11-13(16)7-8-14(15)17-12(3)19;1-5-6(2,3)4/h7-8,11H,5-6,9-10,16H2,1-4H3;1H3,(H,2,3,4). The van der Waals surface area contributed by atoms with Crippen LogP contribution in [0.5, 0.6) is 5.75 Å². The van der Waals surface area contributed by atoms with E-state index in [-0.39, 0.29) is 5.91 Å². The van der Waals surface area contributed by atoms with Crippen molar-refractivity contribution in [2.45, 2.75) is 20.8 Å². The molecule has 9 nitrogen and oxygen atoms in total. The van der Waals surface area contributed by atoms with Gasteiger partial charge in [-0.15, -0.1) is 0 Å². The van der Waals surface area contributed by atoms with Crippen molar-refractivity contribution < 1.29 is 31.2 Å². The van der Waals surface area contributed by atoms with E-state index in [1.807, 2.05) is 0 Å². The van der Waals surface area contributed by atoms with Crippen LogP contribution in [-0.4, -0.2) is 63.8 Å². The van der Waals surface area contributed by atoms with Crippen molar-refractivity contribution in [3.8, 4) is 5.75 Å². The maximum atomic E-state index is 11.2. The number of carbonyl (C=O) groups excluding carboxylic acids is 1. The van der Waals surface area contributed by atoms with Crippen LogP contribution in [0.3, 0.4) is 0 Å². The molecule has 0 heterocycles. The Kier molecular flexibility index (Phi) is 10.2. The van der Waals surface area contributed by atoms with E-state index in [1.165, 1.54) is 6.92 Å². The van der Waals surface area contributed by atoms with Crippen LogP contribution in [0.15, 0.2) is 18.2 Å². The van der Waals surface area contributed by atoms with Gasteiger partial charge in [-0.25, -0.2) is 8.42 Å². The second-order valence-electron chi connectivity index (χ2n) is 5.84. The van der Waals surface area contributed by atoms with E-state index < -0.39 is 10.4 Å². The van der Waals surface area contributed by atoms with Gasteiger partial charge >= 0.3 is 0 Å². The Labute approximate surface area is 155 Å². The molecule has 0 fully saturated rings. The Hall–Kier alpha value is -1.88. The van der Waals surface area contributed by atoms with E-state index in [9.17, 15) is 17.8 Å². The van der Waals surface area contributed by atoms with Gasteiger partial charge in [0, 0.05) is 18.7 Å². The number of likely N-dealkylation sites (N-methyl/N-ethyl adjacent to an activating group) is 1. The van der Waals surface area contributed by atoms with E-state index in [0.29, 0.717) is 23.7 Å². The third-order valence-corrected chi connectivity index (χ3v) is 4.34. The number of hydrogen-bond donors (Lipinski definition) is 2. The molecule has 0 radical (unpaired) electrons. The van der Waals surface area contributed by atoms with Gasteiger partial charge in [0.2, 0.25) is 16.3 Å². The van der Waals surface area contributed by atoms with Gasteiger partial charge in [0.1, 0.15) is 18.9 Å². The van der Waals surface area contributed by atoms with Crippen LogP contribution in [0.25, 0.3) is 0 Å². The van der Waals surface area contributed by atoms with E-state index in [1.54, 1.807) is 18.2 Å². The number of nitrogens with two attached hydrogens (primary N) is 1. The van der Waals surface area contributed by atoms with Crippen LogP contribution in [-0.2, 0) is 19.4 Å². The first-order chi connectivity index (χ1) is 12.0. The molecule has 1 amide bonds. The average molecular weight is 391 g/mol. The third kappa shape index (κ3) is 10.2. The summed E-state index contributed by atoms with van der Waals surface area (Å²) in [6.07, 6.45) is 0. The minimum absolute atomic E-state index is 0.123. The largest absolute Gasteiger partial charge is 0.726 e. The summed E-state index contributed by atoms with van der Waals surface area (Å²) in [5.41, 5.74) is 7.06. The van der Waals surface area contributed by atoms with Gasteiger partial charge in [-0.2, -0.15) is 0 Å². The molecule has 0 aromatic heterocycles. The number of carbonyl (C=O) groups is 1. The second kappa shape index (κ2) is 11.0. The third-order valence-electron chi connectivity index (χ3n) is 3.94. The summed E-state index contributed by atoms with van der Waals surface area (Å²) < 4.78 is 37.8. The lowest BCUT2D eigenvalue weighted by molar-refractivity contribution is -0.906. The number of nitrogens with zero attached hydrogens (tertiary/aromatic N) is 1. The van der Waals surface area contributed by atoms with E-state index in [4.69, 9.17) is 10.5 Å². The van der Waals surface area contributed by atoms with Gasteiger partial charge in [-0.1, -0.05) is 0 Å². The van der Waals surface area contributed by atoms with Gasteiger partial charge in [0.25, 0.3) is 0 Å². The summed E-state index contributed by atoms with van der Waals surface area (Å²) in [5, 5.41) is 2.75. The lowest BCUT2D eigenvalue weighted by atomic mass is 10.2. The zero-order valence-electron chi connectivity index (χ0n) is 15.9. The predicted molar refractivity (Wildman–Crippen MR) is 99.5 cm³/mol. The molecule has 0 unspecified atom stereocenters. The zero-order chi connectivity index (χ0) is 20.4. The van der Waals surface area contributed by atoms with Crippen LogP contribution >= 0.6 is 0 Å². The molecule has 0 aliphatic carbocycles. The van der Waals surface area contributed by atoms with Gasteiger partial charge in [0.15, 0.2) is 0 Å². The Morgan fingerprint density at radius 2 is 1.85 bits per heavy atom. The predicted octanol–water partition coefficient (Wildman–Crippen LogP) is 1.19. The van der Waals surface area contributed by atoms with Gasteiger partial charge in [0.05, 0.1) is 32.9 Å². The highest BCUT2D eigenvalue weighted by Gasteiger charge is 2.16. The molecule has 0 aliphatic rings. The van der Waals surface area contributed by atoms with Crippen LogP contribution in [0, 0.1) is 0 Å². The van der Waals surface area contributed by atoms with E-state index in [0.717, 1.165) is 31.2 Å². The number of quaternary nitrogens is 1. The maximum absolute atomic E-state index is 11.2. The first-order valence-corrected chi connectivity index (χ1v) is 9.44. The smallest absolute Gasteiger partial charge is 0.221 e. The molecule has 1 rings (SSSR count). The molecule has 26 heavy (non-hydrogen) atoms. The van der Waals surface area contributed by atoms with Crippen LogP contribution in [0.2, 0.25) is 0 Å². The van der Waals surface area contributed by atoms with Crippen LogP contribution in [0.4, 0.5) is 11.4 Å². The number of nitrogens with one attached hydrogen (secondary N) is 1. The number of hydrogen-bond acceptors (Lipinski definition) is 7. The van der Waals surface area contributed by atoms with Crippen molar-refractivity contribution in [3.63, 3.8) is 0 Å². The second-order valence-corrected chi connectivity index (χ2v) is 6.99. The Balaban J connectivity index is 0.000000896. The fourth-order valence-corrected chi connectivity index (χ4v) is 1.87. The molecule has 0 spiro atoms. The van der Waals surface area contributed by atoms with Crippen LogP contribution in [0.1, 0.15) is 20.8 Å². The lowest BCUT2D eigenvalue weighted by Gasteiger charge is -2.32. The van der Waals surface area contributed by atoms with E-state index >= 15 is 0 Å². The van der Waals surface area contributed by atoms with Gasteiger partial charge in [-0.05, 0) is 26.0 Å². The number of rotatable bonds is 8. The molecule has 1 aromatic rings. The Bertz CT molecular complexity index is 675. The Morgan fingerprint density at radius 3 is 2.27 bits per heavy atom. The number of ether oxygens (including phenoxy) is 1. The summed E-state index contributed by atoms with van der Waals surface area (Å²) in [7, 11) is -1.40. The summed E-state index contributed by atoms with van der Waals surface area (Å²) in [6.45, 7) is 9.46. The van der Waals surface area contributed by atoms with Crippen molar-refractivity contribution in [2.75, 3.05) is 51.4 Å². The van der Waals surface area contributed by atoms with E-state index in [2.05, 4.69) is 30.4 Å². The topological polar surface area (TPSA) is 131 Å². The summed E-state index contributed by atoms with van der Waals surface area (Å²) >= 11 is 0. The monoisotopic (exact) mass is 391 g/mol. The van der Waals surface area contributed by atoms with Crippen molar-refractivity contribution in [2.24, 2.45) is 0 Å². The number of benzene rings is 1. The number of amides is 1. The maximum Gasteiger partial charge on any atom is 0.221 e. The first kappa shape index (κ1) is 24.1. The Morgan fingerprint density at radius 1 is 1.31 bits per heavy atom. The summed E-state index contributed by atoms with van der Waals surface area (Å²) in [5.74, 6) is 0.501. The SMILES string of the molecule is CC[N+](C)(CC)CCOc1cc(N)ccc1NC(C)=O.COS(=O)(=O)[O-]. The van der Waals surface area contributed by atoms with Crippen molar-refractivity contribution in [1.29, 1.82) is 0 Å². The first-order valence-electron chi connectivity index (χ1n) is 8.11. The van der Waals surface area contributed by atoms with Gasteiger partial charge < -0.3 is 24.8 Å². The molecule has 150 valence electrons. The molecule has 0 saturated heterocycles. The molecule has 1 aromatic carbocycles. The molecular formula is C16H29N3O6S. The quantitative estimate of drug-likeness (QED) is 0.294. The van der Waals surface area contributed by atoms with Crippen molar-refractivity contribution >= 4 is 27.7 Å². The normalized spacial score (nSPS) is 11.3. The fourth-order valence-electron chi connectivity index (χ4n) is 1.87. The summed E-state index contributed by atoms with van der Waals surface area (Å²) in [4.78, 5) is 11.2. The molecule has 0 atom stereocenters.